The van der Waals surface area contributed by atoms with Crippen LogP contribution in [-0.2, 0) is 6.54 Å². The second kappa shape index (κ2) is 5.62. The molecule has 1 aromatic carbocycles. The zero-order chi connectivity index (χ0) is 14.7. The number of pyridine rings is 1. The van der Waals surface area contributed by atoms with Crippen LogP contribution < -0.4 is 10.3 Å². The zero-order valence-electron chi connectivity index (χ0n) is 11.8. The third-order valence-corrected chi connectivity index (χ3v) is 3.28. The minimum atomic E-state index is -0.251. The van der Waals surface area contributed by atoms with Crippen LogP contribution in [0.5, 0.6) is 5.75 Å². The topological polar surface area (TPSA) is 55.0 Å². The molecule has 0 radical (unpaired) electrons. The van der Waals surface area contributed by atoms with Crippen LogP contribution in [0.3, 0.4) is 0 Å². The Balaban J connectivity index is 2.77. The van der Waals surface area contributed by atoms with Gasteiger partial charge in [0.15, 0.2) is 0 Å². The lowest BCUT2D eigenvalue weighted by molar-refractivity contribution is 0.415. The first kappa shape index (κ1) is 13.9. The van der Waals surface area contributed by atoms with Crippen molar-refractivity contribution < 1.29 is 4.74 Å². The smallest absolute Gasteiger partial charge is 0.269 e. The van der Waals surface area contributed by atoms with Gasteiger partial charge in [0.05, 0.1) is 7.11 Å². The van der Waals surface area contributed by atoms with E-state index < -0.39 is 0 Å². The predicted octanol–water partition coefficient (Wildman–Crippen LogP) is 2.72. The lowest BCUT2D eigenvalue weighted by Gasteiger charge is -2.12. The van der Waals surface area contributed by atoms with E-state index in [1.54, 1.807) is 17.9 Å². The molecule has 0 N–H and O–H groups in total. The van der Waals surface area contributed by atoms with Gasteiger partial charge in [-0.2, -0.15) is 5.26 Å². The molecule has 4 heteroatoms. The highest BCUT2D eigenvalue weighted by Gasteiger charge is 2.15. The monoisotopic (exact) mass is 268 g/mol. The van der Waals surface area contributed by atoms with Crippen molar-refractivity contribution in [2.24, 2.45) is 0 Å². The Hall–Kier alpha value is -2.54. The molecule has 20 heavy (non-hydrogen) atoms. The number of ether oxygens (including phenoxy) is 1. The second-order valence-corrected chi connectivity index (χ2v) is 4.50. The van der Waals surface area contributed by atoms with Crippen molar-refractivity contribution in [2.75, 3.05) is 7.11 Å². The Morgan fingerprint density at radius 3 is 2.75 bits per heavy atom. The fourth-order valence-electron chi connectivity index (χ4n) is 2.29. The molecule has 2 aromatic rings. The molecule has 0 aliphatic heterocycles. The Bertz CT molecular complexity index is 739. The van der Waals surface area contributed by atoms with Gasteiger partial charge in [0.1, 0.15) is 17.4 Å². The first-order valence-electron chi connectivity index (χ1n) is 6.41. The van der Waals surface area contributed by atoms with E-state index in [-0.39, 0.29) is 11.1 Å². The number of nitriles is 1. The summed E-state index contributed by atoms with van der Waals surface area (Å²) < 4.78 is 6.75. The third kappa shape index (κ3) is 2.30. The highest BCUT2D eigenvalue weighted by atomic mass is 16.5. The third-order valence-electron chi connectivity index (χ3n) is 3.28. The average Bonchev–Trinajstić information content (AvgIpc) is 2.48. The summed E-state index contributed by atoms with van der Waals surface area (Å²) in [6, 6.07) is 9.43. The van der Waals surface area contributed by atoms with Crippen molar-refractivity contribution in [1.29, 1.82) is 5.26 Å². The molecule has 1 aromatic heterocycles. The van der Waals surface area contributed by atoms with Crippen molar-refractivity contribution >= 4 is 0 Å². The van der Waals surface area contributed by atoms with Crippen molar-refractivity contribution in [3.05, 3.63) is 51.9 Å². The van der Waals surface area contributed by atoms with Crippen LogP contribution in [0.25, 0.3) is 11.1 Å². The molecule has 0 amide bonds. The molecule has 0 saturated carbocycles. The average molecular weight is 268 g/mol. The first-order valence-corrected chi connectivity index (χ1v) is 6.41. The van der Waals surface area contributed by atoms with Crippen LogP contribution in [0.2, 0.25) is 0 Å². The molecule has 0 aliphatic carbocycles. The van der Waals surface area contributed by atoms with Gasteiger partial charge in [0.2, 0.25) is 0 Å². The SMILES string of the molecule is CCn1cc(C)c(-c2cccc(OC)c2)c(C#N)c1=O. The van der Waals surface area contributed by atoms with Crippen LogP contribution >= 0.6 is 0 Å². The van der Waals surface area contributed by atoms with E-state index in [2.05, 4.69) is 0 Å². The Labute approximate surface area is 117 Å². The van der Waals surface area contributed by atoms with Crippen LogP contribution in [0.1, 0.15) is 18.1 Å². The zero-order valence-corrected chi connectivity index (χ0v) is 11.8. The molecular formula is C16H16N2O2. The van der Waals surface area contributed by atoms with Crippen LogP contribution in [0.4, 0.5) is 0 Å². The van der Waals surface area contributed by atoms with E-state index in [4.69, 9.17) is 4.74 Å². The van der Waals surface area contributed by atoms with E-state index in [0.717, 1.165) is 11.1 Å². The number of hydrogen-bond acceptors (Lipinski definition) is 3. The van der Waals surface area contributed by atoms with Crippen molar-refractivity contribution in [1.82, 2.24) is 4.57 Å². The minimum absolute atomic E-state index is 0.181. The summed E-state index contributed by atoms with van der Waals surface area (Å²) in [6.07, 6.45) is 1.79. The molecule has 0 aliphatic rings. The van der Waals surface area contributed by atoms with Gasteiger partial charge in [0, 0.05) is 18.3 Å². The van der Waals surface area contributed by atoms with Crippen LogP contribution in [0.15, 0.2) is 35.3 Å². The van der Waals surface area contributed by atoms with E-state index in [9.17, 15) is 10.1 Å². The van der Waals surface area contributed by atoms with Gasteiger partial charge in [-0.15, -0.1) is 0 Å². The quantitative estimate of drug-likeness (QED) is 0.860. The summed E-state index contributed by atoms with van der Waals surface area (Å²) in [4.78, 5) is 12.2. The summed E-state index contributed by atoms with van der Waals surface area (Å²) in [6.45, 7) is 4.33. The van der Waals surface area contributed by atoms with Gasteiger partial charge >= 0.3 is 0 Å². The number of aromatic nitrogens is 1. The molecule has 0 atom stereocenters. The minimum Gasteiger partial charge on any atom is -0.497 e. The molecule has 4 nitrogen and oxygen atoms in total. The van der Waals surface area contributed by atoms with E-state index >= 15 is 0 Å². The van der Waals surface area contributed by atoms with Gasteiger partial charge in [-0.25, -0.2) is 0 Å². The summed E-state index contributed by atoms with van der Waals surface area (Å²) in [5, 5.41) is 9.34. The van der Waals surface area contributed by atoms with Crippen LogP contribution in [-0.4, -0.2) is 11.7 Å². The number of methoxy groups -OCH3 is 1. The molecule has 102 valence electrons. The Morgan fingerprint density at radius 2 is 2.15 bits per heavy atom. The molecule has 2 rings (SSSR count). The Morgan fingerprint density at radius 1 is 1.40 bits per heavy atom. The fraction of sp³-hybridized carbons (Fsp3) is 0.250. The van der Waals surface area contributed by atoms with Gasteiger partial charge in [-0.05, 0) is 37.1 Å². The molecule has 0 spiro atoms. The lowest BCUT2D eigenvalue weighted by Crippen LogP contribution is -2.23. The number of nitrogens with zero attached hydrogens (tertiary/aromatic N) is 2. The summed E-state index contributed by atoms with van der Waals surface area (Å²) >= 11 is 0. The Kier molecular flexibility index (Phi) is 3.90. The summed E-state index contributed by atoms with van der Waals surface area (Å²) in [5.41, 5.74) is 2.33. The summed E-state index contributed by atoms with van der Waals surface area (Å²) in [5.74, 6) is 0.699. The van der Waals surface area contributed by atoms with Gasteiger partial charge < -0.3 is 9.30 Å². The second-order valence-electron chi connectivity index (χ2n) is 4.50. The number of benzene rings is 1. The summed E-state index contributed by atoms with van der Waals surface area (Å²) in [7, 11) is 1.59. The number of aryl methyl sites for hydroxylation is 2. The highest BCUT2D eigenvalue weighted by Crippen LogP contribution is 2.28. The number of rotatable bonds is 3. The molecule has 0 saturated heterocycles. The molecule has 1 heterocycles. The van der Waals surface area contributed by atoms with Crippen molar-refractivity contribution in [3.63, 3.8) is 0 Å². The van der Waals surface area contributed by atoms with Crippen molar-refractivity contribution in [3.8, 4) is 22.9 Å². The largest absolute Gasteiger partial charge is 0.497 e. The predicted molar refractivity (Wildman–Crippen MR) is 77.8 cm³/mol. The number of hydrogen-bond donors (Lipinski definition) is 0. The van der Waals surface area contributed by atoms with Gasteiger partial charge in [-0.1, -0.05) is 12.1 Å². The van der Waals surface area contributed by atoms with E-state index in [1.165, 1.54) is 0 Å². The van der Waals surface area contributed by atoms with Gasteiger partial charge in [-0.3, -0.25) is 4.79 Å². The van der Waals surface area contributed by atoms with E-state index in [0.29, 0.717) is 17.9 Å². The van der Waals surface area contributed by atoms with Crippen LogP contribution in [0, 0.1) is 18.3 Å². The van der Waals surface area contributed by atoms with Gasteiger partial charge in [0.25, 0.3) is 5.56 Å². The molecule has 0 unspecified atom stereocenters. The first-order chi connectivity index (χ1) is 9.62. The molecule has 0 fully saturated rings. The van der Waals surface area contributed by atoms with E-state index in [1.807, 2.05) is 44.2 Å². The maximum absolute atomic E-state index is 12.2. The lowest BCUT2D eigenvalue weighted by atomic mass is 9.97. The normalized spacial score (nSPS) is 10.1. The maximum atomic E-state index is 12.2. The highest BCUT2D eigenvalue weighted by molar-refractivity contribution is 5.74. The van der Waals surface area contributed by atoms with Crippen molar-refractivity contribution in [2.45, 2.75) is 20.4 Å². The standard InChI is InChI=1S/C16H16N2O2/c1-4-18-10-11(2)15(14(9-17)16(18)19)12-6-5-7-13(8-12)20-3/h5-8,10H,4H2,1-3H3. The molecular weight excluding hydrogens is 252 g/mol. The maximum Gasteiger partial charge on any atom is 0.269 e. The fourth-order valence-corrected chi connectivity index (χ4v) is 2.29. The molecule has 0 bridgehead atoms.